The van der Waals surface area contributed by atoms with Gasteiger partial charge in [0.15, 0.2) is 0 Å². The molecular weight excluding hydrogens is 92.1 g/mol. The quantitative estimate of drug-likeness (QED) is 0.373. The van der Waals surface area contributed by atoms with Gasteiger partial charge < -0.3 is 10.6 Å². The highest BCUT2D eigenvalue weighted by Gasteiger charge is 1.75. The molecule has 0 saturated heterocycles. The van der Waals surface area contributed by atoms with Crippen LogP contribution in [0.5, 0.6) is 0 Å². The van der Waals surface area contributed by atoms with Crippen LogP contribution in [0.25, 0.3) is 0 Å². The predicted octanol–water partition coefficient (Wildman–Crippen LogP) is -0.514. The molecule has 0 radical (unpaired) electrons. The van der Waals surface area contributed by atoms with Crippen LogP contribution in [0.3, 0.4) is 0 Å². The minimum absolute atomic E-state index is 0.625. The summed E-state index contributed by atoms with van der Waals surface area (Å²) in [5, 5.41) is 0. The van der Waals surface area contributed by atoms with Crippen molar-refractivity contribution in [3.8, 4) is 0 Å². The van der Waals surface area contributed by atoms with E-state index in [1.54, 1.807) is 0 Å². The van der Waals surface area contributed by atoms with Crippen molar-refractivity contribution in [2.24, 2.45) is 5.73 Å². The Morgan fingerprint density at radius 2 is 2.43 bits per heavy atom. The molecule has 3 N–H and O–H groups in total. The van der Waals surface area contributed by atoms with E-state index in [9.17, 15) is 0 Å². The van der Waals surface area contributed by atoms with E-state index >= 15 is 0 Å². The SMILES string of the molecule is CCONCCN. The lowest BCUT2D eigenvalue weighted by atomic mass is 10.7. The van der Waals surface area contributed by atoms with Crippen LogP contribution < -0.4 is 11.2 Å². The summed E-state index contributed by atoms with van der Waals surface area (Å²) in [7, 11) is 0. The highest BCUT2D eigenvalue weighted by atomic mass is 16.6. The summed E-state index contributed by atoms with van der Waals surface area (Å²) in [6.45, 7) is 3.97. The molecule has 44 valence electrons. The van der Waals surface area contributed by atoms with E-state index in [0.717, 1.165) is 6.54 Å². The first-order valence-corrected chi connectivity index (χ1v) is 2.46. The molecule has 0 fully saturated rings. The van der Waals surface area contributed by atoms with E-state index in [1.165, 1.54) is 0 Å². The summed E-state index contributed by atoms with van der Waals surface area (Å²) < 4.78 is 0. The highest BCUT2D eigenvalue weighted by Crippen LogP contribution is 1.59. The van der Waals surface area contributed by atoms with E-state index in [2.05, 4.69) is 5.48 Å². The molecule has 0 bridgehead atoms. The fourth-order valence-corrected chi connectivity index (χ4v) is 0.233. The van der Waals surface area contributed by atoms with E-state index in [-0.39, 0.29) is 0 Å². The van der Waals surface area contributed by atoms with E-state index in [0.29, 0.717) is 13.2 Å². The van der Waals surface area contributed by atoms with Gasteiger partial charge in [0.2, 0.25) is 0 Å². The largest absolute Gasteiger partial charge is 0.329 e. The van der Waals surface area contributed by atoms with Crippen LogP contribution in [-0.4, -0.2) is 19.7 Å². The molecule has 0 aromatic carbocycles. The highest BCUT2D eigenvalue weighted by molar-refractivity contribution is 4.30. The lowest BCUT2D eigenvalue weighted by molar-refractivity contribution is 0.0532. The van der Waals surface area contributed by atoms with Crippen molar-refractivity contribution in [1.82, 2.24) is 5.48 Å². The van der Waals surface area contributed by atoms with E-state index in [1.807, 2.05) is 6.92 Å². The third kappa shape index (κ3) is 5.88. The standard InChI is InChI=1S/C4H12N2O/c1-2-7-6-4-3-5/h6H,2-5H2,1H3. The van der Waals surface area contributed by atoms with Crippen LogP contribution in [0.1, 0.15) is 6.92 Å². The smallest absolute Gasteiger partial charge is 0.0653 e. The van der Waals surface area contributed by atoms with Gasteiger partial charge in [-0.1, -0.05) is 0 Å². The molecule has 0 unspecified atom stereocenters. The molecule has 3 nitrogen and oxygen atoms in total. The van der Waals surface area contributed by atoms with Crippen LogP contribution >= 0.6 is 0 Å². The van der Waals surface area contributed by atoms with Gasteiger partial charge in [-0.2, -0.15) is 0 Å². The van der Waals surface area contributed by atoms with Crippen molar-refractivity contribution in [2.45, 2.75) is 6.92 Å². The van der Waals surface area contributed by atoms with E-state index in [4.69, 9.17) is 10.6 Å². The van der Waals surface area contributed by atoms with Crippen molar-refractivity contribution in [3.05, 3.63) is 0 Å². The minimum Gasteiger partial charge on any atom is -0.329 e. The zero-order chi connectivity index (χ0) is 5.54. The monoisotopic (exact) mass is 104 g/mol. The van der Waals surface area contributed by atoms with Crippen molar-refractivity contribution in [1.29, 1.82) is 0 Å². The van der Waals surface area contributed by atoms with Crippen LogP contribution in [0.2, 0.25) is 0 Å². The Kier molecular flexibility index (Phi) is 5.78. The lowest BCUT2D eigenvalue weighted by Gasteiger charge is -1.97. The first-order valence-electron chi connectivity index (χ1n) is 2.46. The molecule has 0 saturated carbocycles. The van der Waals surface area contributed by atoms with Crippen LogP contribution in [0, 0.1) is 0 Å². The minimum atomic E-state index is 0.625. The number of hydroxylamine groups is 1. The zero-order valence-corrected chi connectivity index (χ0v) is 4.61. The average Bonchev–Trinajstić information content (AvgIpc) is 1.69. The maximum absolute atomic E-state index is 5.13. The van der Waals surface area contributed by atoms with Crippen molar-refractivity contribution >= 4 is 0 Å². The van der Waals surface area contributed by atoms with Gasteiger partial charge in [-0.25, -0.2) is 5.48 Å². The second-order valence-electron chi connectivity index (χ2n) is 1.12. The fraction of sp³-hybridized carbons (Fsp3) is 1.00. The van der Waals surface area contributed by atoms with Gasteiger partial charge in [-0.3, -0.25) is 0 Å². The Bertz CT molecular complexity index is 28.9. The molecule has 0 aliphatic heterocycles. The van der Waals surface area contributed by atoms with Gasteiger partial charge in [0, 0.05) is 13.1 Å². The first-order chi connectivity index (χ1) is 3.41. The number of hydrogen-bond donors (Lipinski definition) is 2. The van der Waals surface area contributed by atoms with Crippen molar-refractivity contribution in [2.75, 3.05) is 19.7 Å². The molecule has 0 aromatic rings. The Balaban J connectivity index is 2.45. The Morgan fingerprint density at radius 1 is 1.71 bits per heavy atom. The van der Waals surface area contributed by atoms with E-state index < -0.39 is 0 Å². The number of rotatable bonds is 4. The zero-order valence-electron chi connectivity index (χ0n) is 4.61. The summed E-state index contributed by atoms with van der Waals surface area (Å²) in [5.41, 5.74) is 7.79. The van der Waals surface area contributed by atoms with Crippen molar-refractivity contribution < 1.29 is 4.84 Å². The topological polar surface area (TPSA) is 47.3 Å². The van der Waals surface area contributed by atoms with Crippen molar-refractivity contribution in [3.63, 3.8) is 0 Å². The fourth-order valence-electron chi connectivity index (χ4n) is 0.233. The molecule has 0 heterocycles. The van der Waals surface area contributed by atoms with Gasteiger partial charge >= 0.3 is 0 Å². The van der Waals surface area contributed by atoms with Gasteiger partial charge in [0.05, 0.1) is 6.61 Å². The van der Waals surface area contributed by atoms with Gasteiger partial charge in [0.25, 0.3) is 0 Å². The average molecular weight is 104 g/mol. The van der Waals surface area contributed by atoms with Crippen LogP contribution in [0.15, 0.2) is 0 Å². The van der Waals surface area contributed by atoms with Gasteiger partial charge in [0.1, 0.15) is 0 Å². The normalized spacial score (nSPS) is 9.43. The van der Waals surface area contributed by atoms with Gasteiger partial charge in [-0.05, 0) is 6.92 Å². The summed E-state index contributed by atoms with van der Waals surface area (Å²) in [6, 6.07) is 0. The molecule has 0 aliphatic carbocycles. The van der Waals surface area contributed by atoms with Gasteiger partial charge in [-0.15, -0.1) is 0 Å². The molecule has 0 aliphatic rings. The number of hydrogen-bond acceptors (Lipinski definition) is 3. The van der Waals surface area contributed by atoms with Crippen LogP contribution in [0.4, 0.5) is 0 Å². The summed E-state index contributed by atoms with van der Waals surface area (Å²) in [6.07, 6.45) is 0. The predicted molar refractivity (Wildman–Crippen MR) is 28.7 cm³/mol. The Hall–Kier alpha value is -0.120. The third-order valence-electron chi connectivity index (χ3n) is 0.493. The molecule has 0 rings (SSSR count). The molecule has 0 atom stereocenters. The number of nitrogens with one attached hydrogen (secondary N) is 1. The summed E-state index contributed by atoms with van der Waals surface area (Å²) >= 11 is 0. The second-order valence-corrected chi connectivity index (χ2v) is 1.12. The number of nitrogens with two attached hydrogens (primary N) is 1. The summed E-state index contributed by atoms with van der Waals surface area (Å²) in [5.74, 6) is 0. The first kappa shape index (κ1) is 6.88. The molecule has 7 heavy (non-hydrogen) atoms. The third-order valence-corrected chi connectivity index (χ3v) is 0.493. The maximum Gasteiger partial charge on any atom is 0.0653 e. The molecular formula is C4H12N2O. The Morgan fingerprint density at radius 3 is 2.86 bits per heavy atom. The molecule has 0 amide bonds. The lowest BCUT2D eigenvalue weighted by Crippen LogP contribution is -2.22. The molecule has 3 heteroatoms. The molecule has 0 spiro atoms. The molecule has 0 aromatic heterocycles. The van der Waals surface area contributed by atoms with Crippen LogP contribution in [-0.2, 0) is 4.84 Å². The summed E-state index contributed by atoms with van der Waals surface area (Å²) in [4.78, 5) is 4.74. The Labute approximate surface area is 43.8 Å². The second kappa shape index (κ2) is 5.88. The maximum atomic E-state index is 5.13.